The van der Waals surface area contributed by atoms with Crippen molar-refractivity contribution < 1.29 is 0 Å². The third-order valence-corrected chi connectivity index (χ3v) is 0.968. The Morgan fingerprint density at radius 2 is 2.40 bits per heavy atom. The largest absolute Gasteiger partial charge is 0.243 e. The SMILES string of the molecule is N#Cc1ccc(N=O)cn1. The maximum absolute atomic E-state index is 9.83. The van der Waals surface area contributed by atoms with Crippen molar-refractivity contribution in [1.29, 1.82) is 5.26 Å². The van der Waals surface area contributed by atoms with E-state index in [1.165, 1.54) is 18.3 Å². The smallest absolute Gasteiger partial charge is 0.140 e. The molecule has 0 atom stereocenters. The van der Waals surface area contributed by atoms with E-state index >= 15 is 0 Å². The van der Waals surface area contributed by atoms with Crippen molar-refractivity contribution in [1.82, 2.24) is 4.98 Å². The van der Waals surface area contributed by atoms with Gasteiger partial charge in [-0.3, -0.25) is 0 Å². The minimum absolute atomic E-state index is 0.235. The van der Waals surface area contributed by atoms with Crippen molar-refractivity contribution in [3.8, 4) is 6.07 Å². The van der Waals surface area contributed by atoms with E-state index in [0.717, 1.165) is 0 Å². The summed E-state index contributed by atoms with van der Waals surface area (Å²) in [5.41, 5.74) is 0.520. The zero-order valence-electron chi connectivity index (χ0n) is 4.98. The van der Waals surface area contributed by atoms with Gasteiger partial charge < -0.3 is 0 Å². The van der Waals surface area contributed by atoms with Gasteiger partial charge in [-0.15, -0.1) is 4.91 Å². The van der Waals surface area contributed by atoms with Crippen molar-refractivity contribution >= 4 is 5.69 Å². The van der Waals surface area contributed by atoms with Crippen molar-refractivity contribution in [3.05, 3.63) is 28.9 Å². The highest BCUT2D eigenvalue weighted by molar-refractivity contribution is 5.36. The molecule has 4 heteroatoms. The van der Waals surface area contributed by atoms with Crippen LogP contribution in [0.1, 0.15) is 5.69 Å². The second kappa shape index (κ2) is 2.69. The molecule has 0 unspecified atom stereocenters. The molecule has 1 rings (SSSR count). The average Bonchev–Trinajstić information content (AvgIpc) is 2.05. The molecule has 0 amide bonds. The molecular weight excluding hydrogens is 130 g/mol. The van der Waals surface area contributed by atoms with Gasteiger partial charge in [-0.2, -0.15) is 5.26 Å². The zero-order chi connectivity index (χ0) is 7.40. The number of pyridine rings is 1. The molecule has 0 saturated heterocycles. The molecule has 0 bridgehead atoms. The fourth-order valence-corrected chi connectivity index (χ4v) is 0.506. The Balaban J connectivity index is 3.04. The summed E-state index contributed by atoms with van der Waals surface area (Å²) in [6.07, 6.45) is 1.26. The third-order valence-electron chi connectivity index (χ3n) is 0.968. The molecule has 10 heavy (non-hydrogen) atoms. The Bertz CT molecular complexity index is 272. The quantitative estimate of drug-likeness (QED) is 0.543. The van der Waals surface area contributed by atoms with E-state index in [4.69, 9.17) is 5.26 Å². The monoisotopic (exact) mass is 133 g/mol. The van der Waals surface area contributed by atoms with Gasteiger partial charge in [-0.1, -0.05) is 0 Å². The zero-order valence-corrected chi connectivity index (χ0v) is 4.98. The van der Waals surface area contributed by atoms with E-state index < -0.39 is 0 Å². The molecule has 0 N–H and O–H groups in total. The molecule has 0 aliphatic rings. The van der Waals surface area contributed by atoms with Crippen LogP contribution < -0.4 is 0 Å². The molecule has 0 aliphatic heterocycles. The first-order chi connectivity index (χ1) is 4.86. The molecule has 48 valence electrons. The van der Waals surface area contributed by atoms with Gasteiger partial charge in [0.2, 0.25) is 0 Å². The highest BCUT2D eigenvalue weighted by atomic mass is 16.3. The molecule has 4 nitrogen and oxygen atoms in total. The summed E-state index contributed by atoms with van der Waals surface area (Å²) in [5.74, 6) is 0. The minimum atomic E-state index is 0.235. The number of hydrogen-bond acceptors (Lipinski definition) is 4. The van der Waals surface area contributed by atoms with Crippen LogP contribution in [0.25, 0.3) is 0 Å². The number of rotatable bonds is 1. The fourth-order valence-electron chi connectivity index (χ4n) is 0.506. The topological polar surface area (TPSA) is 66.1 Å². The normalized spacial score (nSPS) is 8.30. The second-order valence-corrected chi connectivity index (χ2v) is 1.60. The molecule has 0 spiro atoms. The summed E-state index contributed by atoms with van der Waals surface area (Å²) in [5, 5.41) is 10.9. The standard InChI is InChI=1S/C6H3N3O/c7-3-5-1-2-6(9-10)4-8-5/h1-2,4H. The van der Waals surface area contributed by atoms with E-state index in [-0.39, 0.29) is 11.4 Å². The van der Waals surface area contributed by atoms with Crippen LogP contribution in [0.4, 0.5) is 5.69 Å². The van der Waals surface area contributed by atoms with Gasteiger partial charge in [0.25, 0.3) is 0 Å². The lowest BCUT2D eigenvalue weighted by molar-refractivity contribution is 1.25. The predicted molar refractivity (Wildman–Crippen MR) is 34.4 cm³/mol. The van der Waals surface area contributed by atoms with E-state index in [1.807, 2.05) is 6.07 Å². The van der Waals surface area contributed by atoms with Crippen LogP contribution in [0, 0.1) is 16.2 Å². The number of nitriles is 1. The molecule has 0 radical (unpaired) electrons. The van der Waals surface area contributed by atoms with Crippen molar-refractivity contribution in [3.63, 3.8) is 0 Å². The molecule has 0 aliphatic carbocycles. The maximum atomic E-state index is 9.83. The van der Waals surface area contributed by atoms with E-state index in [9.17, 15) is 4.91 Å². The first-order valence-corrected chi connectivity index (χ1v) is 2.56. The Labute approximate surface area is 57.1 Å². The van der Waals surface area contributed by atoms with Gasteiger partial charge in [-0.25, -0.2) is 4.98 Å². The summed E-state index contributed by atoms with van der Waals surface area (Å²) < 4.78 is 0. The lowest BCUT2D eigenvalue weighted by Crippen LogP contribution is -1.77. The second-order valence-electron chi connectivity index (χ2n) is 1.60. The van der Waals surface area contributed by atoms with Crippen LogP contribution in [-0.2, 0) is 0 Å². The molecule has 1 aromatic rings. The Kier molecular flexibility index (Phi) is 1.71. The van der Waals surface area contributed by atoms with Gasteiger partial charge in [0.15, 0.2) is 0 Å². The summed E-state index contributed by atoms with van der Waals surface area (Å²) in [7, 11) is 0. The third kappa shape index (κ3) is 1.14. The van der Waals surface area contributed by atoms with Crippen molar-refractivity contribution in [2.24, 2.45) is 5.18 Å². The Morgan fingerprint density at radius 1 is 1.60 bits per heavy atom. The molecule has 0 saturated carbocycles. The Morgan fingerprint density at radius 3 is 2.80 bits per heavy atom. The summed E-state index contributed by atoms with van der Waals surface area (Å²) in [6.45, 7) is 0. The molecule has 0 aromatic carbocycles. The molecule has 1 aromatic heterocycles. The van der Waals surface area contributed by atoms with Gasteiger partial charge >= 0.3 is 0 Å². The van der Waals surface area contributed by atoms with E-state index in [2.05, 4.69) is 10.2 Å². The summed E-state index contributed by atoms with van der Waals surface area (Å²) in [4.78, 5) is 13.4. The number of nitrogens with zero attached hydrogens (tertiary/aromatic N) is 3. The average molecular weight is 133 g/mol. The summed E-state index contributed by atoms with van der Waals surface area (Å²) in [6, 6.07) is 4.71. The molecule has 0 fully saturated rings. The Hall–Kier alpha value is -1.76. The van der Waals surface area contributed by atoms with Crippen LogP contribution in [0.2, 0.25) is 0 Å². The maximum Gasteiger partial charge on any atom is 0.140 e. The lowest BCUT2D eigenvalue weighted by atomic mass is 10.3. The van der Waals surface area contributed by atoms with Gasteiger partial charge in [0.05, 0.1) is 6.20 Å². The van der Waals surface area contributed by atoms with Gasteiger partial charge in [0, 0.05) is 0 Å². The predicted octanol–water partition coefficient (Wildman–Crippen LogP) is 1.35. The van der Waals surface area contributed by atoms with Crippen LogP contribution in [0.3, 0.4) is 0 Å². The molecule has 1 heterocycles. The lowest BCUT2D eigenvalue weighted by Gasteiger charge is -1.85. The van der Waals surface area contributed by atoms with Crippen molar-refractivity contribution in [2.75, 3.05) is 0 Å². The molecular formula is C6H3N3O. The van der Waals surface area contributed by atoms with Crippen LogP contribution in [0.5, 0.6) is 0 Å². The van der Waals surface area contributed by atoms with Crippen LogP contribution >= 0.6 is 0 Å². The summed E-state index contributed by atoms with van der Waals surface area (Å²) >= 11 is 0. The van der Waals surface area contributed by atoms with E-state index in [1.54, 1.807) is 0 Å². The highest BCUT2D eigenvalue weighted by Gasteiger charge is 1.91. The first kappa shape index (κ1) is 6.36. The number of nitroso groups, excluding NO2 is 1. The van der Waals surface area contributed by atoms with Crippen LogP contribution in [0.15, 0.2) is 23.5 Å². The van der Waals surface area contributed by atoms with Crippen LogP contribution in [-0.4, -0.2) is 4.98 Å². The fraction of sp³-hybridized carbons (Fsp3) is 0. The van der Waals surface area contributed by atoms with Gasteiger partial charge in [0.1, 0.15) is 17.5 Å². The highest BCUT2D eigenvalue weighted by Crippen LogP contribution is 2.07. The number of hydrogen-bond donors (Lipinski definition) is 0. The first-order valence-electron chi connectivity index (χ1n) is 2.56. The number of aromatic nitrogens is 1. The van der Waals surface area contributed by atoms with E-state index in [0.29, 0.717) is 0 Å². The van der Waals surface area contributed by atoms with Crippen molar-refractivity contribution in [2.45, 2.75) is 0 Å². The minimum Gasteiger partial charge on any atom is -0.243 e. The van der Waals surface area contributed by atoms with Gasteiger partial charge in [-0.05, 0) is 17.3 Å².